The number of methoxy groups -OCH3 is 2. The molecule has 0 bridgehead atoms. The van der Waals surface area contributed by atoms with E-state index < -0.39 is 0 Å². The number of hydrogen-bond acceptors (Lipinski definition) is 3. The van der Waals surface area contributed by atoms with Gasteiger partial charge < -0.3 is 14.8 Å². The van der Waals surface area contributed by atoms with Gasteiger partial charge in [0.25, 0.3) is 0 Å². The summed E-state index contributed by atoms with van der Waals surface area (Å²) in [5.74, 6) is 3.93. The Morgan fingerprint density at radius 3 is 2.45 bits per heavy atom. The van der Waals surface area contributed by atoms with Gasteiger partial charge in [-0.05, 0) is 109 Å². The topological polar surface area (TPSA) is 30.5 Å². The number of benzene rings is 2. The van der Waals surface area contributed by atoms with Crippen LogP contribution in [0.1, 0.15) is 56.1 Å². The van der Waals surface area contributed by atoms with Crippen LogP contribution >= 0.6 is 11.6 Å². The van der Waals surface area contributed by atoms with Gasteiger partial charge in [-0.25, -0.2) is 0 Å². The van der Waals surface area contributed by atoms with Crippen LogP contribution in [0.3, 0.4) is 0 Å². The van der Waals surface area contributed by atoms with Gasteiger partial charge in [-0.1, -0.05) is 13.0 Å². The summed E-state index contributed by atoms with van der Waals surface area (Å²) in [5.41, 5.74) is 4.50. The summed E-state index contributed by atoms with van der Waals surface area (Å²) in [6.07, 6.45) is 7.12. The van der Waals surface area contributed by atoms with Crippen LogP contribution in [0.25, 0.3) is 0 Å². The fourth-order valence-corrected chi connectivity index (χ4v) is 7.29. The smallest absolute Gasteiger partial charge is 0.119 e. The predicted octanol–water partition coefficient (Wildman–Crippen LogP) is 6.65. The number of hydrogen-bond donors (Lipinski definition) is 1. The number of aryl methyl sites for hydroxylation is 1. The van der Waals surface area contributed by atoms with Crippen LogP contribution in [0.5, 0.6) is 11.5 Å². The van der Waals surface area contributed by atoms with E-state index in [0.29, 0.717) is 17.9 Å². The van der Waals surface area contributed by atoms with Crippen molar-refractivity contribution in [2.45, 2.75) is 62.8 Å². The lowest BCUT2D eigenvalue weighted by Gasteiger charge is -2.58. The van der Waals surface area contributed by atoms with Gasteiger partial charge in [0.15, 0.2) is 0 Å². The quantitative estimate of drug-likeness (QED) is 0.541. The molecule has 2 saturated carbocycles. The van der Waals surface area contributed by atoms with Crippen molar-refractivity contribution >= 4 is 17.3 Å². The van der Waals surface area contributed by atoms with Gasteiger partial charge >= 0.3 is 0 Å². The van der Waals surface area contributed by atoms with E-state index in [-0.39, 0.29) is 10.8 Å². The van der Waals surface area contributed by atoms with E-state index in [2.05, 4.69) is 42.6 Å². The third-order valence-corrected chi connectivity index (χ3v) is 8.96. The van der Waals surface area contributed by atoms with Crippen LogP contribution in [0, 0.1) is 17.3 Å². The summed E-state index contributed by atoms with van der Waals surface area (Å²) in [7, 11) is 3.47. The Bertz CT molecular complexity index is 929. The van der Waals surface area contributed by atoms with Gasteiger partial charge in [0, 0.05) is 17.1 Å². The standard InChI is InChI=1S/C27H34ClNO2/c1-27-13-12-23-22-11-9-21(31-3)14-17(22)4-10-24(23)25(27)15-18(28)16-26(27)29-19-5-7-20(30-2)8-6-19/h5-9,11,14,18,23-26,29H,4,10,12-13,15-16H2,1-3H3/t18-,23+,24+,25-,26-,27-/m0/s1. The molecule has 166 valence electrons. The van der Waals surface area contributed by atoms with Crippen molar-refractivity contribution in [3.05, 3.63) is 53.6 Å². The minimum atomic E-state index is 0.241. The van der Waals surface area contributed by atoms with Crippen LogP contribution < -0.4 is 14.8 Å². The molecule has 0 unspecified atom stereocenters. The molecule has 31 heavy (non-hydrogen) atoms. The van der Waals surface area contributed by atoms with Crippen LogP contribution in [-0.4, -0.2) is 25.6 Å². The fraction of sp³-hybridized carbons (Fsp3) is 0.556. The fourth-order valence-electron chi connectivity index (χ4n) is 6.92. The van der Waals surface area contributed by atoms with Crippen LogP contribution in [0.2, 0.25) is 0 Å². The summed E-state index contributed by atoms with van der Waals surface area (Å²) in [5, 5.41) is 4.12. The van der Waals surface area contributed by atoms with E-state index in [1.54, 1.807) is 19.8 Å². The Morgan fingerprint density at radius 2 is 1.71 bits per heavy atom. The molecule has 0 amide bonds. The molecule has 3 aliphatic carbocycles. The highest BCUT2D eigenvalue weighted by Crippen LogP contribution is 2.60. The minimum Gasteiger partial charge on any atom is -0.497 e. The van der Waals surface area contributed by atoms with E-state index in [0.717, 1.165) is 36.7 Å². The lowest BCUT2D eigenvalue weighted by Crippen LogP contribution is -2.55. The van der Waals surface area contributed by atoms with E-state index in [4.69, 9.17) is 21.1 Å². The van der Waals surface area contributed by atoms with Gasteiger partial charge in [0.2, 0.25) is 0 Å². The summed E-state index contributed by atoms with van der Waals surface area (Å²) in [4.78, 5) is 0. The van der Waals surface area contributed by atoms with Crippen molar-refractivity contribution in [1.82, 2.24) is 0 Å². The van der Waals surface area contributed by atoms with Gasteiger partial charge in [-0.15, -0.1) is 11.6 Å². The molecule has 5 rings (SSSR count). The zero-order valence-electron chi connectivity index (χ0n) is 18.9. The molecule has 2 fully saturated rings. The van der Waals surface area contributed by atoms with E-state index >= 15 is 0 Å². The molecule has 3 aliphatic rings. The van der Waals surface area contributed by atoms with Gasteiger partial charge in [-0.3, -0.25) is 0 Å². The zero-order chi connectivity index (χ0) is 21.6. The predicted molar refractivity (Wildman–Crippen MR) is 128 cm³/mol. The average Bonchev–Trinajstić information content (AvgIpc) is 2.79. The van der Waals surface area contributed by atoms with E-state index in [1.165, 1.54) is 30.5 Å². The number of fused-ring (bicyclic) bond motifs is 5. The number of alkyl halides is 1. The maximum atomic E-state index is 6.90. The number of anilines is 1. The molecular weight excluding hydrogens is 406 g/mol. The molecular formula is C27H34ClNO2. The Labute approximate surface area is 191 Å². The van der Waals surface area contributed by atoms with Crippen LogP contribution in [0.4, 0.5) is 5.69 Å². The molecule has 0 heterocycles. The largest absolute Gasteiger partial charge is 0.497 e. The molecule has 2 aromatic rings. The molecule has 0 aromatic heterocycles. The molecule has 3 nitrogen and oxygen atoms in total. The highest BCUT2D eigenvalue weighted by Gasteiger charge is 2.54. The number of ether oxygens (including phenoxy) is 2. The lowest BCUT2D eigenvalue weighted by molar-refractivity contribution is -0.0124. The zero-order valence-corrected chi connectivity index (χ0v) is 19.6. The van der Waals surface area contributed by atoms with Crippen molar-refractivity contribution in [2.24, 2.45) is 17.3 Å². The molecule has 4 heteroatoms. The second kappa shape index (κ2) is 8.24. The molecule has 6 atom stereocenters. The van der Waals surface area contributed by atoms with Gasteiger partial charge in [0.1, 0.15) is 11.5 Å². The Balaban J connectivity index is 1.41. The average molecular weight is 440 g/mol. The normalized spacial score (nSPS) is 34.1. The Hall–Kier alpha value is -1.87. The first-order valence-electron chi connectivity index (χ1n) is 11.7. The number of rotatable bonds is 4. The third-order valence-electron chi connectivity index (χ3n) is 8.60. The molecule has 0 spiro atoms. The lowest BCUT2D eigenvalue weighted by atomic mass is 9.49. The Morgan fingerprint density at radius 1 is 0.968 bits per heavy atom. The van der Waals surface area contributed by atoms with Crippen molar-refractivity contribution in [3.63, 3.8) is 0 Å². The second-order valence-corrected chi connectivity index (χ2v) is 10.6. The van der Waals surface area contributed by atoms with Crippen LogP contribution in [-0.2, 0) is 6.42 Å². The van der Waals surface area contributed by atoms with Crippen molar-refractivity contribution in [1.29, 1.82) is 0 Å². The highest BCUT2D eigenvalue weighted by molar-refractivity contribution is 6.20. The SMILES string of the molecule is COc1ccc(N[C@H]2C[C@@H](Cl)C[C@H]3[C@@H]4CCc5cc(OC)ccc5[C@H]4CC[C@]23C)cc1. The first-order chi connectivity index (χ1) is 15.0. The monoisotopic (exact) mass is 439 g/mol. The van der Waals surface area contributed by atoms with Crippen molar-refractivity contribution < 1.29 is 9.47 Å². The summed E-state index contributed by atoms with van der Waals surface area (Å²) < 4.78 is 10.8. The second-order valence-electron chi connectivity index (χ2n) is 10.0. The first kappa shape index (κ1) is 21.0. The summed E-state index contributed by atoms with van der Waals surface area (Å²) >= 11 is 6.90. The van der Waals surface area contributed by atoms with Crippen molar-refractivity contribution in [3.8, 4) is 11.5 Å². The molecule has 1 N–H and O–H groups in total. The maximum absolute atomic E-state index is 6.90. The van der Waals surface area contributed by atoms with Gasteiger partial charge in [0.05, 0.1) is 14.2 Å². The first-order valence-corrected chi connectivity index (χ1v) is 12.2. The summed E-state index contributed by atoms with van der Waals surface area (Å²) in [6, 6.07) is 15.5. The molecule has 0 radical (unpaired) electrons. The Kier molecular flexibility index (Phi) is 5.58. The van der Waals surface area contributed by atoms with Gasteiger partial charge in [-0.2, -0.15) is 0 Å². The minimum absolute atomic E-state index is 0.241. The molecule has 0 saturated heterocycles. The number of halogens is 1. The van der Waals surface area contributed by atoms with E-state index in [9.17, 15) is 0 Å². The number of nitrogens with one attached hydrogen (secondary N) is 1. The molecule has 0 aliphatic heterocycles. The molecule has 2 aromatic carbocycles. The maximum Gasteiger partial charge on any atom is 0.119 e. The third kappa shape index (κ3) is 3.69. The van der Waals surface area contributed by atoms with E-state index in [1.807, 2.05) is 12.1 Å². The highest BCUT2D eigenvalue weighted by atomic mass is 35.5. The van der Waals surface area contributed by atoms with Crippen molar-refractivity contribution in [2.75, 3.05) is 19.5 Å². The van der Waals surface area contributed by atoms with Crippen LogP contribution in [0.15, 0.2) is 42.5 Å². The summed E-state index contributed by atoms with van der Waals surface area (Å²) in [6.45, 7) is 2.53.